The molecule has 74 valence electrons. The van der Waals surface area contributed by atoms with E-state index in [4.69, 9.17) is 23.2 Å². The van der Waals surface area contributed by atoms with E-state index in [9.17, 15) is 0 Å². The van der Waals surface area contributed by atoms with Gasteiger partial charge >= 0.3 is 0 Å². The molecule has 0 amide bonds. The number of benzene rings is 1. The number of halogens is 2. The molecule has 15 heavy (non-hydrogen) atoms. The largest absolute Gasteiger partial charge is 0.236 e. The molecule has 0 aliphatic rings. The fourth-order valence-electron chi connectivity index (χ4n) is 1.25. The average molecular weight is 255 g/mol. The summed E-state index contributed by atoms with van der Waals surface area (Å²) >= 11 is 16.4. The van der Waals surface area contributed by atoms with E-state index in [1.807, 2.05) is 6.07 Å². The molecule has 0 saturated carbocycles. The van der Waals surface area contributed by atoms with Crippen molar-refractivity contribution in [2.75, 3.05) is 0 Å². The van der Waals surface area contributed by atoms with Gasteiger partial charge < -0.3 is 0 Å². The van der Waals surface area contributed by atoms with Crippen LogP contribution in [0.1, 0.15) is 0 Å². The fraction of sp³-hybridized carbons (Fsp3) is 0. The first-order valence-corrected chi connectivity index (χ1v) is 5.20. The molecule has 0 atom stereocenters. The topological polar surface area (TPSA) is 25.2 Å². The zero-order chi connectivity index (χ0) is 10.8. The molecule has 5 heteroatoms. The third-order valence-corrected chi connectivity index (χ3v) is 2.85. The van der Waals surface area contributed by atoms with Crippen molar-refractivity contribution in [3.8, 4) is 0 Å². The fourth-order valence-corrected chi connectivity index (χ4v) is 1.74. The Balaban J connectivity index is 2.78. The second kappa shape index (κ2) is 4.25. The maximum Gasteiger partial charge on any atom is 0.163 e. The number of hydrogen-bond acceptors (Lipinski definition) is 3. The van der Waals surface area contributed by atoms with Crippen molar-refractivity contribution in [1.82, 2.24) is 4.98 Å². The quantitative estimate of drug-likeness (QED) is 0.561. The number of rotatable bonds is 1. The zero-order valence-corrected chi connectivity index (χ0v) is 9.70. The van der Waals surface area contributed by atoms with Crippen LogP contribution in [0.25, 0.3) is 10.8 Å². The average Bonchev–Trinajstić information content (AvgIpc) is 2.25. The predicted octanol–water partition coefficient (Wildman–Crippen LogP) is 4.28. The lowest BCUT2D eigenvalue weighted by Gasteiger charge is -2.02. The molecular weight excluding hydrogens is 251 g/mol. The Bertz CT molecular complexity index is 577. The van der Waals surface area contributed by atoms with Gasteiger partial charge in [-0.2, -0.15) is 4.99 Å². The molecule has 1 aromatic heterocycles. The number of aliphatic imine (C=N–C) groups is 1. The van der Waals surface area contributed by atoms with E-state index in [0.717, 1.165) is 10.8 Å². The molecular formula is C10H4Cl2N2S. The van der Waals surface area contributed by atoms with Gasteiger partial charge in [-0.05, 0) is 24.4 Å². The molecule has 0 saturated heterocycles. The summed E-state index contributed by atoms with van der Waals surface area (Å²) in [5.41, 5.74) is 0. The van der Waals surface area contributed by atoms with Gasteiger partial charge in [-0.3, -0.25) is 0 Å². The number of isothiocyanates is 1. The van der Waals surface area contributed by atoms with Gasteiger partial charge in [-0.25, -0.2) is 4.98 Å². The molecule has 2 rings (SSSR count). The summed E-state index contributed by atoms with van der Waals surface area (Å²) < 4.78 is 0. The first kappa shape index (κ1) is 10.5. The second-order valence-electron chi connectivity index (χ2n) is 2.83. The Morgan fingerprint density at radius 1 is 1.33 bits per heavy atom. The summed E-state index contributed by atoms with van der Waals surface area (Å²) in [5.74, 6) is 0.474. The van der Waals surface area contributed by atoms with Gasteiger partial charge in [0.2, 0.25) is 0 Å². The minimum Gasteiger partial charge on any atom is -0.236 e. The standard InChI is InChI=1S/C10H4Cl2N2S/c11-8-2-1-6-4-13-9(14-5-15)3-7(6)10(8)12/h1-4H. The summed E-state index contributed by atoms with van der Waals surface area (Å²) in [6.07, 6.45) is 1.67. The highest BCUT2D eigenvalue weighted by Gasteiger charge is 2.04. The Labute approximate surface area is 102 Å². The van der Waals surface area contributed by atoms with Gasteiger partial charge in [-0.1, -0.05) is 29.3 Å². The summed E-state index contributed by atoms with van der Waals surface area (Å²) in [7, 11) is 0. The van der Waals surface area contributed by atoms with Crippen molar-refractivity contribution >= 4 is 57.2 Å². The van der Waals surface area contributed by atoms with Crippen LogP contribution in [-0.2, 0) is 0 Å². The highest BCUT2D eigenvalue weighted by atomic mass is 35.5. The Morgan fingerprint density at radius 2 is 2.13 bits per heavy atom. The molecule has 0 bridgehead atoms. The van der Waals surface area contributed by atoms with Crippen LogP contribution in [0.5, 0.6) is 0 Å². The number of pyridine rings is 1. The first-order valence-electron chi connectivity index (χ1n) is 4.04. The molecule has 0 N–H and O–H groups in total. The highest BCUT2D eigenvalue weighted by molar-refractivity contribution is 7.78. The van der Waals surface area contributed by atoms with Crippen molar-refractivity contribution in [2.24, 2.45) is 4.99 Å². The molecule has 0 radical (unpaired) electrons. The Morgan fingerprint density at radius 3 is 2.87 bits per heavy atom. The van der Waals surface area contributed by atoms with E-state index in [-0.39, 0.29) is 0 Å². The maximum atomic E-state index is 6.05. The van der Waals surface area contributed by atoms with Crippen molar-refractivity contribution in [2.45, 2.75) is 0 Å². The van der Waals surface area contributed by atoms with Crippen LogP contribution in [0.15, 0.2) is 29.4 Å². The predicted molar refractivity (Wildman–Crippen MR) is 66.4 cm³/mol. The van der Waals surface area contributed by atoms with Crippen LogP contribution in [0.2, 0.25) is 10.0 Å². The molecule has 0 unspecified atom stereocenters. The summed E-state index contributed by atoms with van der Waals surface area (Å²) in [5, 5.41) is 4.98. The molecule has 2 aromatic rings. The SMILES string of the molecule is S=C=Nc1cc2c(Cl)c(Cl)ccc2cn1. The van der Waals surface area contributed by atoms with E-state index in [0.29, 0.717) is 15.9 Å². The molecule has 1 heterocycles. The van der Waals surface area contributed by atoms with Crippen LogP contribution in [-0.4, -0.2) is 10.1 Å². The van der Waals surface area contributed by atoms with E-state index < -0.39 is 0 Å². The van der Waals surface area contributed by atoms with Crippen molar-refractivity contribution in [1.29, 1.82) is 0 Å². The minimum absolute atomic E-state index is 0.474. The molecule has 1 aromatic carbocycles. The van der Waals surface area contributed by atoms with Gasteiger partial charge in [0.05, 0.1) is 15.2 Å². The van der Waals surface area contributed by atoms with Gasteiger partial charge in [0.25, 0.3) is 0 Å². The molecule has 2 nitrogen and oxygen atoms in total. The van der Waals surface area contributed by atoms with Gasteiger partial charge in [0, 0.05) is 17.0 Å². The Hall–Kier alpha value is -0.990. The third kappa shape index (κ3) is 2.01. The molecule has 0 aliphatic carbocycles. The maximum absolute atomic E-state index is 6.05. The summed E-state index contributed by atoms with van der Waals surface area (Å²) in [4.78, 5) is 7.85. The molecule has 0 spiro atoms. The highest BCUT2D eigenvalue weighted by Crippen LogP contribution is 2.31. The van der Waals surface area contributed by atoms with Crippen LogP contribution in [0.3, 0.4) is 0 Å². The molecule has 0 aliphatic heterocycles. The normalized spacial score (nSPS) is 10.0. The number of thiocarbonyl (C=S) groups is 1. The lowest BCUT2D eigenvalue weighted by molar-refractivity contribution is 1.31. The van der Waals surface area contributed by atoms with E-state index in [1.54, 1.807) is 18.3 Å². The lowest BCUT2D eigenvalue weighted by Crippen LogP contribution is -1.79. The van der Waals surface area contributed by atoms with Crippen LogP contribution in [0.4, 0.5) is 5.82 Å². The number of hydrogen-bond donors (Lipinski definition) is 0. The van der Waals surface area contributed by atoms with E-state index in [2.05, 4.69) is 27.4 Å². The summed E-state index contributed by atoms with van der Waals surface area (Å²) in [6, 6.07) is 5.31. The van der Waals surface area contributed by atoms with E-state index >= 15 is 0 Å². The smallest absolute Gasteiger partial charge is 0.163 e. The zero-order valence-electron chi connectivity index (χ0n) is 7.37. The molecule has 0 fully saturated rings. The number of fused-ring (bicyclic) bond motifs is 1. The van der Waals surface area contributed by atoms with E-state index in [1.165, 1.54) is 0 Å². The van der Waals surface area contributed by atoms with Gasteiger partial charge in [0.15, 0.2) is 5.82 Å². The van der Waals surface area contributed by atoms with Crippen molar-refractivity contribution in [3.63, 3.8) is 0 Å². The van der Waals surface area contributed by atoms with Crippen LogP contribution in [0, 0.1) is 0 Å². The monoisotopic (exact) mass is 254 g/mol. The lowest BCUT2D eigenvalue weighted by atomic mass is 10.2. The first-order chi connectivity index (χ1) is 7.22. The van der Waals surface area contributed by atoms with Crippen molar-refractivity contribution < 1.29 is 0 Å². The van der Waals surface area contributed by atoms with Gasteiger partial charge in [-0.15, -0.1) is 0 Å². The van der Waals surface area contributed by atoms with Gasteiger partial charge in [0.1, 0.15) is 0 Å². The number of aromatic nitrogens is 1. The summed E-state index contributed by atoms with van der Waals surface area (Å²) in [6.45, 7) is 0. The second-order valence-corrected chi connectivity index (χ2v) is 3.80. The van der Waals surface area contributed by atoms with Crippen molar-refractivity contribution in [3.05, 3.63) is 34.4 Å². The number of nitrogens with zero attached hydrogens (tertiary/aromatic N) is 2. The minimum atomic E-state index is 0.474. The van der Waals surface area contributed by atoms with Crippen LogP contribution < -0.4 is 0 Å². The van der Waals surface area contributed by atoms with Crippen LogP contribution >= 0.6 is 35.4 Å². The third-order valence-electron chi connectivity index (χ3n) is 1.94. The Kier molecular flexibility index (Phi) is 2.98.